The molecule has 0 radical (unpaired) electrons. The van der Waals surface area contributed by atoms with Gasteiger partial charge in [0.15, 0.2) is 0 Å². The predicted molar refractivity (Wildman–Crippen MR) is 186 cm³/mol. The number of aryl methyl sites for hydroxylation is 2. The van der Waals surface area contributed by atoms with Crippen LogP contribution in [0, 0.1) is 13.8 Å². The van der Waals surface area contributed by atoms with Crippen molar-refractivity contribution in [1.82, 2.24) is 10.2 Å². The molecule has 0 aliphatic rings. The molecular weight excluding hydrogens is 641 g/mol. The second kappa shape index (κ2) is 15.6. The number of sulfonamides is 1. The topological polar surface area (TPSA) is 86.8 Å². The second-order valence-electron chi connectivity index (χ2n) is 11.4. The summed E-state index contributed by atoms with van der Waals surface area (Å²) in [5, 5.41) is 3.18. The van der Waals surface area contributed by atoms with Crippen LogP contribution in [0.5, 0.6) is 0 Å². The minimum atomic E-state index is -4.31. The van der Waals surface area contributed by atoms with Crippen molar-refractivity contribution in [3.05, 3.63) is 129 Å². The lowest BCUT2D eigenvalue weighted by molar-refractivity contribution is -0.140. The molecule has 0 saturated heterocycles. The fraction of sp³-hybridized carbons (Fsp3) is 0.278. The van der Waals surface area contributed by atoms with Gasteiger partial charge in [0, 0.05) is 19.0 Å². The fourth-order valence-corrected chi connectivity index (χ4v) is 6.88. The van der Waals surface area contributed by atoms with Crippen molar-refractivity contribution in [1.29, 1.82) is 0 Å². The molecule has 2 atom stereocenters. The highest BCUT2D eigenvalue weighted by Crippen LogP contribution is 2.35. The Morgan fingerprint density at radius 3 is 2.15 bits per heavy atom. The molecule has 2 amide bonds. The molecule has 0 fully saturated rings. The number of hydrogen-bond donors (Lipinski definition) is 1. The Morgan fingerprint density at radius 2 is 1.50 bits per heavy atom. The van der Waals surface area contributed by atoms with Crippen molar-refractivity contribution in [3.63, 3.8) is 0 Å². The SMILES string of the molecule is CCC(C)NC(=O)C(Cc1ccccc1)N(Cc1ccccc1C)C(=O)CN(c1cccc(Cl)c1Cl)S(=O)(=O)c1ccc(C)cc1. The molecule has 0 aromatic heterocycles. The molecule has 1 N–H and O–H groups in total. The van der Waals surface area contributed by atoms with Crippen LogP contribution in [0.3, 0.4) is 0 Å². The van der Waals surface area contributed by atoms with E-state index in [1.165, 1.54) is 23.1 Å². The maximum Gasteiger partial charge on any atom is 0.264 e. The van der Waals surface area contributed by atoms with Gasteiger partial charge in [0.25, 0.3) is 10.0 Å². The van der Waals surface area contributed by atoms with Crippen LogP contribution in [-0.2, 0) is 32.6 Å². The van der Waals surface area contributed by atoms with Gasteiger partial charge in [-0.25, -0.2) is 8.42 Å². The Kier molecular flexibility index (Phi) is 11.9. The maximum atomic E-state index is 14.6. The second-order valence-corrected chi connectivity index (χ2v) is 14.0. The minimum Gasteiger partial charge on any atom is -0.352 e. The molecular formula is C36H39Cl2N3O4S. The van der Waals surface area contributed by atoms with Gasteiger partial charge >= 0.3 is 0 Å². The Hall–Kier alpha value is -3.85. The maximum absolute atomic E-state index is 14.6. The third kappa shape index (κ3) is 8.49. The smallest absolute Gasteiger partial charge is 0.264 e. The highest BCUT2D eigenvalue weighted by atomic mass is 35.5. The van der Waals surface area contributed by atoms with Crippen LogP contribution in [0.25, 0.3) is 0 Å². The summed E-state index contributed by atoms with van der Waals surface area (Å²) in [5.74, 6) is -0.899. The number of amides is 2. The number of rotatable bonds is 13. The van der Waals surface area contributed by atoms with E-state index in [2.05, 4.69) is 5.32 Å². The van der Waals surface area contributed by atoms with Crippen LogP contribution in [0.1, 0.15) is 42.5 Å². The van der Waals surface area contributed by atoms with E-state index in [1.54, 1.807) is 24.3 Å². The quantitative estimate of drug-likeness (QED) is 0.160. The average Bonchev–Trinajstić information content (AvgIpc) is 3.04. The third-order valence-electron chi connectivity index (χ3n) is 7.96. The molecule has 242 valence electrons. The van der Waals surface area contributed by atoms with E-state index in [-0.39, 0.29) is 45.5 Å². The molecule has 4 aromatic carbocycles. The van der Waals surface area contributed by atoms with Gasteiger partial charge in [0.2, 0.25) is 11.8 Å². The molecule has 0 spiro atoms. The van der Waals surface area contributed by atoms with Gasteiger partial charge in [-0.05, 0) is 68.1 Å². The van der Waals surface area contributed by atoms with Gasteiger partial charge in [-0.1, -0.05) is 108 Å². The minimum absolute atomic E-state index is 0.00606. The van der Waals surface area contributed by atoms with Crippen LogP contribution in [0.4, 0.5) is 5.69 Å². The van der Waals surface area contributed by atoms with Gasteiger partial charge in [0.05, 0.1) is 20.6 Å². The largest absolute Gasteiger partial charge is 0.352 e. The first-order chi connectivity index (χ1) is 21.9. The Labute approximate surface area is 282 Å². The monoisotopic (exact) mass is 679 g/mol. The summed E-state index contributed by atoms with van der Waals surface area (Å²) in [5.41, 5.74) is 3.56. The number of benzene rings is 4. The van der Waals surface area contributed by atoms with Crippen molar-refractivity contribution in [2.45, 2.75) is 64.1 Å². The summed E-state index contributed by atoms with van der Waals surface area (Å²) in [7, 11) is -4.31. The number of nitrogens with one attached hydrogen (secondary N) is 1. The normalized spacial score (nSPS) is 12.7. The molecule has 4 aromatic rings. The lowest BCUT2D eigenvalue weighted by Crippen LogP contribution is -2.54. The molecule has 2 unspecified atom stereocenters. The first-order valence-electron chi connectivity index (χ1n) is 15.1. The van der Waals surface area contributed by atoms with E-state index in [1.807, 2.05) is 82.3 Å². The molecule has 7 nitrogen and oxygen atoms in total. The summed E-state index contributed by atoms with van der Waals surface area (Å²) >= 11 is 12.9. The molecule has 46 heavy (non-hydrogen) atoms. The van der Waals surface area contributed by atoms with E-state index < -0.39 is 28.5 Å². The predicted octanol–water partition coefficient (Wildman–Crippen LogP) is 7.36. The van der Waals surface area contributed by atoms with Crippen LogP contribution < -0.4 is 9.62 Å². The summed E-state index contributed by atoms with van der Waals surface area (Å²) in [6, 6.07) is 27.0. The zero-order chi connectivity index (χ0) is 33.4. The molecule has 0 heterocycles. The van der Waals surface area contributed by atoms with E-state index in [9.17, 15) is 18.0 Å². The Morgan fingerprint density at radius 1 is 0.848 bits per heavy atom. The van der Waals surface area contributed by atoms with Crippen LogP contribution >= 0.6 is 23.2 Å². The molecule has 4 rings (SSSR count). The Balaban J connectivity index is 1.85. The van der Waals surface area contributed by atoms with Crippen molar-refractivity contribution in [3.8, 4) is 0 Å². The zero-order valence-corrected chi connectivity index (χ0v) is 28.7. The number of carbonyl (C=O) groups is 2. The van der Waals surface area contributed by atoms with Crippen molar-refractivity contribution in [2.24, 2.45) is 0 Å². The van der Waals surface area contributed by atoms with Crippen molar-refractivity contribution in [2.75, 3.05) is 10.8 Å². The number of halogens is 2. The summed E-state index contributed by atoms with van der Waals surface area (Å²) in [6.07, 6.45) is 0.925. The number of carbonyl (C=O) groups excluding carboxylic acids is 2. The number of anilines is 1. The van der Waals surface area contributed by atoms with Crippen LogP contribution in [0.15, 0.2) is 102 Å². The zero-order valence-electron chi connectivity index (χ0n) is 26.4. The number of nitrogens with zero attached hydrogens (tertiary/aromatic N) is 2. The lowest BCUT2D eigenvalue weighted by Gasteiger charge is -2.34. The lowest BCUT2D eigenvalue weighted by atomic mass is 10.0. The third-order valence-corrected chi connectivity index (χ3v) is 10.5. The summed E-state index contributed by atoms with van der Waals surface area (Å²) in [6.45, 7) is 7.12. The fourth-order valence-electron chi connectivity index (χ4n) is 5.00. The Bertz CT molecular complexity index is 1770. The molecule has 10 heteroatoms. The van der Waals surface area contributed by atoms with E-state index in [4.69, 9.17) is 23.2 Å². The molecule has 0 saturated carbocycles. The molecule has 0 aliphatic heterocycles. The summed E-state index contributed by atoms with van der Waals surface area (Å²) in [4.78, 5) is 30.1. The first kappa shape index (κ1) is 35.0. The van der Waals surface area contributed by atoms with E-state index >= 15 is 0 Å². The molecule has 0 bridgehead atoms. The summed E-state index contributed by atoms with van der Waals surface area (Å²) < 4.78 is 29.4. The van der Waals surface area contributed by atoms with Gasteiger partial charge in [-0.3, -0.25) is 13.9 Å². The number of hydrogen-bond acceptors (Lipinski definition) is 4. The van der Waals surface area contributed by atoms with Crippen LogP contribution in [0.2, 0.25) is 10.0 Å². The van der Waals surface area contributed by atoms with Crippen LogP contribution in [-0.4, -0.2) is 43.8 Å². The van der Waals surface area contributed by atoms with Gasteiger partial charge in [-0.2, -0.15) is 0 Å². The first-order valence-corrected chi connectivity index (χ1v) is 17.3. The highest BCUT2D eigenvalue weighted by molar-refractivity contribution is 7.92. The van der Waals surface area contributed by atoms with Gasteiger partial charge in [-0.15, -0.1) is 0 Å². The highest BCUT2D eigenvalue weighted by Gasteiger charge is 2.36. The van der Waals surface area contributed by atoms with E-state index in [0.29, 0.717) is 6.42 Å². The van der Waals surface area contributed by atoms with Crippen molar-refractivity contribution < 1.29 is 18.0 Å². The van der Waals surface area contributed by atoms with Gasteiger partial charge < -0.3 is 10.2 Å². The standard InChI is InChI=1S/C36H39Cl2N3O4S/c1-5-27(4)39-36(43)33(22-28-13-7-6-8-14-28)40(23-29-15-10-9-12-26(29)3)34(42)24-41(32-17-11-16-31(37)35(32)38)46(44,45)30-20-18-25(2)19-21-30/h6-21,27,33H,5,22-24H2,1-4H3,(H,39,43). The molecule has 0 aliphatic carbocycles. The van der Waals surface area contributed by atoms with Gasteiger partial charge in [0.1, 0.15) is 12.6 Å². The van der Waals surface area contributed by atoms with E-state index in [0.717, 1.165) is 26.6 Å². The average molecular weight is 681 g/mol. The van der Waals surface area contributed by atoms with Crippen molar-refractivity contribution >= 4 is 50.7 Å².